The molecule has 2 aromatic heterocycles. The molecule has 140 valence electrons. The molecule has 1 aliphatic heterocycles. The standard InChI is InChI=1S/C19H22N6O2/c1-27-12-16-21-22-17-14-4-2-3-5-15(14)20-19(25(16)17)24-10-8-23(9-11-24)18(26)13-6-7-13/h2-5,13H,6-12H2,1H3. The van der Waals surface area contributed by atoms with Crippen molar-refractivity contribution in [3.05, 3.63) is 30.1 Å². The van der Waals surface area contributed by atoms with Crippen LogP contribution in [-0.2, 0) is 16.1 Å². The van der Waals surface area contributed by atoms with Gasteiger partial charge in [-0.05, 0) is 25.0 Å². The largest absolute Gasteiger partial charge is 0.377 e. The first-order valence-electron chi connectivity index (χ1n) is 9.41. The maximum absolute atomic E-state index is 12.3. The zero-order chi connectivity index (χ0) is 18.4. The predicted molar refractivity (Wildman–Crippen MR) is 101 cm³/mol. The van der Waals surface area contributed by atoms with Gasteiger partial charge in [0.1, 0.15) is 6.61 Å². The Hall–Kier alpha value is -2.74. The van der Waals surface area contributed by atoms with Gasteiger partial charge in [-0.25, -0.2) is 9.38 Å². The Morgan fingerprint density at radius 2 is 1.93 bits per heavy atom. The van der Waals surface area contributed by atoms with Gasteiger partial charge in [0.2, 0.25) is 11.9 Å². The van der Waals surface area contributed by atoms with Gasteiger partial charge in [-0.2, -0.15) is 0 Å². The van der Waals surface area contributed by atoms with Gasteiger partial charge in [0.05, 0.1) is 5.52 Å². The van der Waals surface area contributed by atoms with Gasteiger partial charge in [-0.3, -0.25) is 4.79 Å². The van der Waals surface area contributed by atoms with Gasteiger partial charge in [-0.1, -0.05) is 12.1 Å². The highest BCUT2D eigenvalue weighted by Crippen LogP contribution is 2.32. The number of carbonyl (C=O) groups is 1. The average Bonchev–Trinajstić information content (AvgIpc) is 3.48. The number of piperazine rings is 1. The van der Waals surface area contributed by atoms with E-state index in [4.69, 9.17) is 9.72 Å². The number of methoxy groups -OCH3 is 1. The van der Waals surface area contributed by atoms with Crippen LogP contribution in [0.3, 0.4) is 0 Å². The number of amides is 1. The molecule has 0 atom stereocenters. The van der Waals surface area contributed by atoms with Crippen LogP contribution >= 0.6 is 0 Å². The van der Waals surface area contributed by atoms with E-state index in [0.717, 1.165) is 67.3 Å². The smallest absolute Gasteiger partial charge is 0.225 e. The van der Waals surface area contributed by atoms with Gasteiger partial charge in [0, 0.05) is 44.6 Å². The molecular weight excluding hydrogens is 344 g/mol. The van der Waals surface area contributed by atoms with E-state index < -0.39 is 0 Å². The van der Waals surface area contributed by atoms with E-state index in [-0.39, 0.29) is 5.92 Å². The summed E-state index contributed by atoms with van der Waals surface area (Å²) in [6.45, 7) is 3.33. The third kappa shape index (κ3) is 2.80. The summed E-state index contributed by atoms with van der Waals surface area (Å²) in [7, 11) is 1.65. The average molecular weight is 366 g/mol. The van der Waals surface area contributed by atoms with E-state index in [1.54, 1.807) is 7.11 Å². The first kappa shape index (κ1) is 16.4. The lowest BCUT2D eigenvalue weighted by atomic mass is 10.2. The van der Waals surface area contributed by atoms with Crippen LogP contribution in [0.1, 0.15) is 18.7 Å². The molecular formula is C19H22N6O2. The van der Waals surface area contributed by atoms with Crippen LogP contribution in [0.4, 0.5) is 5.95 Å². The maximum Gasteiger partial charge on any atom is 0.225 e. The van der Waals surface area contributed by atoms with Crippen molar-refractivity contribution in [1.29, 1.82) is 0 Å². The maximum atomic E-state index is 12.3. The number of anilines is 1. The molecule has 1 saturated carbocycles. The number of fused-ring (bicyclic) bond motifs is 3. The number of hydrogen-bond acceptors (Lipinski definition) is 6. The topological polar surface area (TPSA) is 75.9 Å². The highest BCUT2D eigenvalue weighted by Gasteiger charge is 2.35. The van der Waals surface area contributed by atoms with Gasteiger partial charge in [-0.15, -0.1) is 10.2 Å². The number of hydrogen-bond donors (Lipinski definition) is 0. The van der Waals surface area contributed by atoms with Crippen molar-refractivity contribution in [3.8, 4) is 0 Å². The molecule has 3 heterocycles. The number of para-hydroxylation sites is 1. The molecule has 0 N–H and O–H groups in total. The Morgan fingerprint density at radius 3 is 2.67 bits per heavy atom. The molecule has 1 aromatic carbocycles. The van der Waals surface area contributed by atoms with E-state index in [0.29, 0.717) is 12.5 Å². The molecule has 0 unspecified atom stereocenters. The van der Waals surface area contributed by atoms with Crippen molar-refractivity contribution >= 4 is 28.4 Å². The van der Waals surface area contributed by atoms with Gasteiger partial charge < -0.3 is 14.5 Å². The van der Waals surface area contributed by atoms with Crippen molar-refractivity contribution in [2.75, 3.05) is 38.2 Å². The third-order valence-corrected chi connectivity index (χ3v) is 5.37. The second-order valence-corrected chi connectivity index (χ2v) is 7.22. The van der Waals surface area contributed by atoms with Crippen molar-refractivity contribution < 1.29 is 9.53 Å². The molecule has 0 bridgehead atoms. The highest BCUT2D eigenvalue weighted by atomic mass is 16.5. The number of benzene rings is 1. The first-order chi connectivity index (χ1) is 13.3. The van der Waals surface area contributed by atoms with Gasteiger partial charge >= 0.3 is 0 Å². The molecule has 2 fully saturated rings. The monoisotopic (exact) mass is 366 g/mol. The van der Waals surface area contributed by atoms with Crippen LogP contribution in [-0.4, -0.2) is 63.7 Å². The minimum absolute atomic E-state index is 0.271. The molecule has 1 aliphatic carbocycles. The minimum atomic E-state index is 0.271. The third-order valence-electron chi connectivity index (χ3n) is 5.37. The van der Waals surface area contributed by atoms with Crippen LogP contribution in [0.5, 0.6) is 0 Å². The number of nitrogens with zero attached hydrogens (tertiary/aromatic N) is 6. The second-order valence-electron chi connectivity index (χ2n) is 7.22. The molecule has 1 amide bonds. The molecule has 2 aliphatic rings. The second kappa shape index (κ2) is 6.45. The quantitative estimate of drug-likeness (QED) is 0.696. The van der Waals surface area contributed by atoms with Gasteiger partial charge in [0.15, 0.2) is 11.5 Å². The summed E-state index contributed by atoms with van der Waals surface area (Å²) in [5.41, 5.74) is 1.69. The van der Waals surface area contributed by atoms with E-state index >= 15 is 0 Å². The van der Waals surface area contributed by atoms with Gasteiger partial charge in [0.25, 0.3) is 0 Å². The fraction of sp³-hybridized carbons (Fsp3) is 0.474. The van der Waals surface area contributed by atoms with E-state index in [2.05, 4.69) is 15.1 Å². The zero-order valence-electron chi connectivity index (χ0n) is 15.3. The van der Waals surface area contributed by atoms with Crippen molar-refractivity contribution in [2.45, 2.75) is 19.4 Å². The van der Waals surface area contributed by atoms with Crippen molar-refractivity contribution in [1.82, 2.24) is 24.5 Å². The lowest BCUT2D eigenvalue weighted by Gasteiger charge is -2.35. The molecule has 3 aromatic rings. The Morgan fingerprint density at radius 1 is 1.15 bits per heavy atom. The SMILES string of the molecule is COCc1nnc2c3ccccc3nc(N3CCN(C(=O)C4CC4)CC3)n12. The molecule has 0 radical (unpaired) electrons. The number of ether oxygens (including phenoxy) is 1. The van der Waals surface area contributed by atoms with E-state index in [9.17, 15) is 4.79 Å². The fourth-order valence-corrected chi connectivity index (χ4v) is 3.77. The molecule has 27 heavy (non-hydrogen) atoms. The Bertz CT molecular complexity index is 1000. The van der Waals surface area contributed by atoms with Crippen molar-refractivity contribution in [3.63, 3.8) is 0 Å². The Kier molecular flexibility index (Phi) is 3.93. The van der Waals surface area contributed by atoms with Crippen LogP contribution in [0, 0.1) is 5.92 Å². The minimum Gasteiger partial charge on any atom is -0.377 e. The summed E-state index contributed by atoms with van der Waals surface area (Å²) >= 11 is 0. The summed E-state index contributed by atoms with van der Waals surface area (Å²) < 4.78 is 7.30. The first-order valence-corrected chi connectivity index (χ1v) is 9.41. The summed E-state index contributed by atoms with van der Waals surface area (Å²) in [5, 5.41) is 9.69. The van der Waals surface area contributed by atoms with Crippen molar-refractivity contribution in [2.24, 2.45) is 5.92 Å². The normalized spacial score (nSPS) is 17.8. The molecule has 0 spiro atoms. The Labute approximate surface area is 156 Å². The molecule has 1 saturated heterocycles. The summed E-state index contributed by atoms with van der Waals surface area (Å²) in [4.78, 5) is 21.5. The summed E-state index contributed by atoms with van der Waals surface area (Å²) in [6, 6.07) is 7.97. The summed E-state index contributed by atoms with van der Waals surface area (Å²) in [5.74, 6) is 2.14. The lowest BCUT2D eigenvalue weighted by molar-refractivity contribution is -0.132. The van der Waals surface area contributed by atoms with E-state index in [1.165, 1.54) is 0 Å². The number of aromatic nitrogens is 4. The number of carbonyl (C=O) groups excluding carboxylic acids is 1. The summed E-state index contributed by atoms with van der Waals surface area (Å²) in [6.07, 6.45) is 2.10. The van der Waals surface area contributed by atoms with Crippen LogP contribution in [0.15, 0.2) is 24.3 Å². The number of rotatable bonds is 4. The zero-order valence-corrected chi connectivity index (χ0v) is 15.3. The van der Waals surface area contributed by atoms with Crippen LogP contribution in [0.2, 0.25) is 0 Å². The highest BCUT2D eigenvalue weighted by molar-refractivity contribution is 5.92. The predicted octanol–water partition coefficient (Wildman–Crippen LogP) is 1.48. The Balaban J connectivity index is 1.53. The molecule has 8 heteroatoms. The fourth-order valence-electron chi connectivity index (χ4n) is 3.77. The van der Waals surface area contributed by atoms with Crippen LogP contribution in [0.25, 0.3) is 16.6 Å². The van der Waals surface area contributed by atoms with E-state index in [1.807, 2.05) is 33.6 Å². The lowest BCUT2D eigenvalue weighted by Crippen LogP contribution is -2.50. The molecule has 5 rings (SSSR count). The molecule has 8 nitrogen and oxygen atoms in total. The van der Waals surface area contributed by atoms with Crippen LogP contribution < -0.4 is 4.90 Å².